The van der Waals surface area contributed by atoms with Gasteiger partial charge in [0.25, 0.3) is 0 Å². The molecule has 1 atom stereocenters. The van der Waals surface area contributed by atoms with E-state index in [0.29, 0.717) is 38.7 Å². The van der Waals surface area contributed by atoms with Crippen molar-refractivity contribution in [2.75, 3.05) is 43.4 Å². The van der Waals surface area contributed by atoms with Gasteiger partial charge in [0.2, 0.25) is 5.95 Å². The fraction of sp³-hybridized carbons (Fsp3) is 0.724. The zero-order valence-corrected chi connectivity index (χ0v) is 26.3. The van der Waals surface area contributed by atoms with Crippen molar-refractivity contribution in [3.8, 4) is 0 Å². The van der Waals surface area contributed by atoms with E-state index in [1.807, 2.05) is 16.9 Å². The predicted molar refractivity (Wildman–Crippen MR) is 171 cm³/mol. The third-order valence-corrected chi connectivity index (χ3v) is 8.33. The van der Waals surface area contributed by atoms with Crippen molar-refractivity contribution >= 4 is 30.9 Å². The average molecular weight is 625 g/mol. The summed E-state index contributed by atoms with van der Waals surface area (Å²) < 4.78 is 6.33. The first-order valence-corrected chi connectivity index (χ1v) is 16.4. The number of aryl methyl sites for hydroxylation is 1. The van der Waals surface area contributed by atoms with Gasteiger partial charge in [-0.05, 0) is 51.4 Å². The second-order valence-electron chi connectivity index (χ2n) is 11.8. The van der Waals surface area contributed by atoms with Crippen molar-refractivity contribution in [2.45, 2.75) is 102 Å². The summed E-state index contributed by atoms with van der Waals surface area (Å²) in [7, 11) is 0.545. The Morgan fingerprint density at radius 1 is 1.09 bits per heavy atom. The van der Waals surface area contributed by atoms with Crippen LogP contribution in [0.1, 0.15) is 76.3 Å². The molecule has 1 saturated carbocycles. The quantitative estimate of drug-likeness (QED) is 0.0971. The number of nitrogens with one attached hydrogen (secondary N) is 5. The van der Waals surface area contributed by atoms with Crippen molar-refractivity contribution in [1.82, 2.24) is 40.5 Å². The van der Waals surface area contributed by atoms with Crippen LogP contribution in [0.4, 0.5) is 11.8 Å². The fourth-order valence-electron chi connectivity index (χ4n) is 5.72. The maximum atomic E-state index is 12.5. The number of anilines is 2. The van der Waals surface area contributed by atoms with Crippen LogP contribution < -0.4 is 27.0 Å². The van der Waals surface area contributed by atoms with Crippen LogP contribution in [0.2, 0.25) is 0 Å². The Labute approximate surface area is 266 Å². The van der Waals surface area contributed by atoms with Gasteiger partial charge in [0.1, 0.15) is 5.69 Å². The van der Waals surface area contributed by atoms with E-state index in [-0.39, 0.29) is 24.8 Å². The van der Waals surface area contributed by atoms with Crippen molar-refractivity contribution in [3.63, 3.8) is 0 Å². The maximum absolute atomic E-state index is 12.5. The van der Waals surface area contributed by atoms with Crippen molar-refractivity contribution < 1.29 is 14.2 Å². The van der Waals surface area contributed by atoms with Gasteiger partial charge in [0.15, 0.2) is 0 Å². The average Bonchev–Trinajstić information content (AvgIpc) is 3.52. The zero-order chi connectivity index (χ0) is 31.7. The van der Waals surface area contributed by atoms with Gasteiger partial charge in [-0.2, -0.15) is 4.98 Å². The molecule has 15 nitrogen and oxygen atoms in total. The molecule has 2 aliphatic rings. The van der Waals surface area contributed by atoms with Gasteiger partial charge in [-0.3, -0.25) is 4.68 Å². The van der Waals surface area contributed by atoms with Gasteiger partial charge in [0, 0.05) is 18.8 Å². The minimum absolute atomic E-state index is 0.0401. The van der Waals surface area contributed by atoms with Crippen LogP contribution >= 0.6 is 0 Å². The topological polar surface area (TPSA) is 201 Å². The Morgan fingerprint density at radius 3 is 2.69 bits per heavy atom. The summed E-state index contributed by atoms with van der Waals surface area (Å²) in [6.45, 7) is 5.58. The van der Waals surface area contributed by atoms with E-state index in [2.05, 4.69) is 46.2 Å². The normalized spacial score (nSPS) is 16.6. The molecule has 1 aliphatic carbocycles. The van der Waals surface area contributed by atoms with Crippen LogP contribution in [0.25, 0.3) is 0 Å². The number of amides is 1. The summed E-state index contributed by atoms with van der Waals surface area (Å²) in [6.07, 6.45) is 14.5. The van der Waals surface area contributed by atoms with Crippen LogP contribution in [0.15, 0.2) is 18.5 Å². The minimum atomic E-state index is -0.914. The van der Waals surface area contributed by atoms with E-state index in [1.165, 1.54) is 32.1 Å². The van der Waals surface area contributed by atoms with Gasteiger partial charge < -0.3 is 16.0 Å². The molecule has 3 heterocycles. The van der Waals surface area contributed by atoms with Gasteiger partial charge in [-0.1, -0.05) is 24.5 Å². The van der Waals surface area contributed by atoms with Crippen molar-refractivity contribution in [1.29, 1.82) is 5.31 Å². The summed E-state index contributed by atoms with van der Waals surface area (Å²) in [6, 6.07) is 1.82. The Bertz CT molecular complexity index is 1190. The molecule has 16 heteroatoms. The third-order valence-electron chi connectivity index (χ3n) is 8.33. The molecule has 7 N–H and O–H groups in total. The molecule has 0 aromatic carbocycles. The summed E-state index contributed by atoms with van der Waals surface area (Å²) in [5.41, 5.74) is 6.55. The van der Waals surface area contributed by atoms with E-state index in [9.17, 15) is 9.59 Å². The van der Waals surface area contributed by atoms with Crippen LogP contribution in [-0.2, 0) is 27.3 Å². The summed E-state index contributed by atoms with van der Waals surface area (Å²) in [4.78, 5) is 34.8. The van der Waals surface area contributed by atoms with Crippen molar-refractivity contribution in [2.24, 2.45) is 5.73 Å². The van der Waals surface area contributed by atoms with Crippen LogP contribution in [-0.4, -0.2) is 99.9 Å². The molecule has 0 bridgehead atoms. The van der Waals surface area contributed by atoms with E-state index < -0.39 is 12.0 Å². The number of piperidine rings is 1. The Balaban J connectivity index is 1.07. The molecular formula is C29H49BN12O3. The van der Waals surface area contributed by atoms with Gasteiger partial charge in [0.05, 0.1) is 12.7 Å². The predicted octanol–water partition coefficient (Wildman–Crippen LogP) is 1.41. The molecular weight excluding hydrogens is 575 g/mol. The molecule has 45 heavy (non-hydrogen) atoms. The number of rotatable bonds is 19. The number of nitrogens with zero attached hydrogens (tertiary/aromatic N) is 6. The number of hydrogen-bond acceptors (Lipinski definition) is 13. The number of carbonyl (C=O) groups is 2. The number of carbonyl (C=O) groups excluding carboxylic acids is 2. The zero-order valence-electron chi connectivity index (χ0n) is 26.3. The van der Waals surface area contributed by atoms with E-state index >= 15 is 0 Å². The fourth-order valence-corrected chi connectivity index (χ4v) is 5.72. The number of likely N-dealkylation sites (tertiary alicyclic amines) is 1. The SMILES string of the molecule is N=BOC(=O)[C@@H](N)CCC(=O)N1CCC(Nc2ccnc(NCc3cn(CCCNCCCNC4CCCCC4)nn3)n2)CC1. The molecule has 246 valence electrons. The second kappa shape index (κ2) is 19.1. The van der Waals surface area contributed by atoms with Gasteiger partial charge in [-0.25, -0.2) is 4.98 Å². The molecule has 2 aromatic rings. The standard InChI is InChI=1S/C29H49BN12O3/c31-25(28(44)45-30-32)8-9-27(43)41-18-11-23(12-19-41)37-26-10-16-35-29(38-26)36-20-24-21-42(40-39-24)17-5-14-33-13-4-15-34-22-6-2-1-3-7-22/h10,16,21-23,25,32-34H,1-9,11-15,17-20,31H2,(H2,35,36,37,38)/t25-/m0/s1. The molecule has 0 radical (unpaired) electrons. The van der Waals surface area contributed by atoms with Crippen LogP contribution in [0, 0.1) is 5.31 Å². The molecule has 0 spiro atoms. The molecule has 1 saturated heterocycles. The summed E-state index contributed by atoms with van der Waals surface area (Å²) in [5, 5.41) is 29.2. The monoisotopic (exact) mass is 624 g/mol. The van der Waals surface area contributed by atoms with E-state index in [0.717, 1.165) is 63.6 Å². The molecule has 1 amide bonds. The Kier molecular flexibility index (Phi) is 14.6. The third kappa shape index (κ3) is 12.4. The van der Waals surface area contributed by atoms with Gasteiger partial charge in [-0.15, -0.1) is 5.10 Å². The van der Waals surface area contributed by atoms with Crippen LogP contribution in [0.5, 0.6) is 0 Å². The van der Waals surface area contributed by atoms with Crippen LogP contribution in [0.3, 0.4) is 0 Å². The molecule has 0 unspecified atom stereocenters. The van der Waals surface area contributed by atoms with Crippen molar-refractivity contribution in [3.05, 3.63) is 24.2 Å². The Hall–Kier alpha value is -3.50. The van der Waals surface area contributed by atoms with E-state index in [1.54, 1.807) is 11.1 Å². The Morgan fingerprint density at radius 2 is 1.89 bits per heavy atom. The molecule has 2 fully saturated rings. The van der Waals surface area contributed by atoms with Gasteiger partial charge >= 0.3 is 111 Å². The summed E-state index contributed by atoms with van der Waals surface area (Å²) in [5.74, 6) is 0.477. The first-order valence-electron chi connectivity index (χ1n) is 16.4. The van der Waals surface area contributed by atoms with E-state index in [4.69, 9.17) is 11.0 Å². The first kappa shape index (κ1) is 34.4. The summed E-state index contributed by atoms with van der Waals surface area (Å²) >= 11 is 0. The number of nitrogens with two attached hydrogens (primary N) is 1. The first-order chi connectivity index (χ1) is 22.0. The molecule has 1 aliphatic heterocycles. The number of aromatic nitrogens is 5. The molecule has 4 rings (SSSR count). The second-order valence-corrected chi connectivity index (χ2v) is 11.8. The number of hydrogen-bond donors (Lipinski definition) is 6. The molecule has 2 aromatic heterocycles.